The third-order valence-electron chi connectivity index (χ3n) is 3.88. The molecule has 0 atom stereocenters. The van der Waals surface area contributed by atoms with Gasteiger partial charge >= 0.3 is 0 Å². The molecule has 98 valence electrons. The molecular weight excluding hydrogens is 226 g/mol. The molecule has 0 saturated carbocycles. The van der Waals surface area contributed by atoms with Crippen LogP contribution in [0.2, 0.25) is 0 Å². The zero-order valence-corrected chi connectivity index (χ0v) is 11.7. The summed E-state index contributed by atoms with van der Waals surface area (Å²) in [6.07, 6.45) is 0. The van der Waals surface area contributed by atoms with Gasteiger partial charge in [-0.15, -0.1) is 0 Å². The van der Waals surface area contributed by atoms with Crippen LogP contribution < -0.4 is 0 Å². The number of amides is 1. The van der Waals surface area contributed by atoms with Crippen molar-refractivity contribution in [3.63, 3.8) is 0 Å². The lowest BCUT2D eigenvalue weighted by Gasteiger charge is -2.28. The molecule has 0 N–H and O–H groups in total. The lowest BCUT2D eigenvalue weighted by molar-refractivity contribution is 0.0301. The number of aryl methyl sites for hydroxylation is 2. The van der Waals surface area contributed by atoms with E-state index in [1.807, 2.05) is 18.7 Å². The molecule has 0 unspecified atom stereocenters. The molecule has 3 nitrogen and oxygen atoms in total. The maximum Gasteiger partial charge on any atom is 0.254 e. The van der Waals surface area contributed by atoms with Gasteiger partial charge in [-0.25, -0.2) is 0 Å². The molecule has 0 aliphatic carbocycles. The normalized spacial score (nSPS) is 15.9. The Bertz CT molecular complexity index is 448. The summed E-state index contributed by atoms with van der Waals surface area (Å²) >= 11 is 0. The average molecular weight is 247 g/mol. The molecule has 1 aromatic rings. The minimum absolute atomic E-state index is 0.153. The minimum Gasteiger partial charge on any atom is -0.378 e. The highest BCUT2D eigenvalue weighted by Gasteiger charge is 2.22. The van der Waals surface area contributed by atoms with Crippen LogP contribution in [0.5, 0.6) is 0 Å². The first kappa shape index (κ1) is 13.1. The molecule has 1 fully saturated rings. The largest absolute Gasteiger partial charge is 0.378 e. The van der Waals surface area contributed by atoms with Gasteiger partial charge in [0.2, 0.25) is 0 Å². The Morgan fingerprint density at radius 2 is 1.56 bits per heavy atom. The fourth-order valence-corrected chi connectivity index (χ4v) is 2.46. The first-order valence-electron chi connectivity index (χ1n) is 6.46. The number of ether oxygens (including phenoxy) is 1. The lowest BCUT2D eigenvalue weighted by atomic mass is 9.93. The van der Waals surface area contributed by atoms with Gasteiger partial charge in [-0.3, -0.25) is 4.79 Å². The highest BCUT2D eigenvalue weighted by molar-refractivity contribution is 5.97. The number of hydrogen-bond donors (Lipinski definition) is 0. The van der Waals surface area contributed by atoms with Gasteiger partial charge in [0, 0.05) is 18.7 Å². The molecule has 1 amide bonds. The molecule has 1 aliphatic heterocycles. The van der Waals surface area contributed by atoms with Gasteiger partial charge in [-0.05, 0) is 49.9 Å². The summed E-state index contributed by atoms with van der Waals surface area (Å²) in [6, 6.07) is 2.15. The second-order valence-electron chi connectivity index (χ2n) is 5.04. The predicted molar refractivity (Wildman–Crippen MR) is 72.1 cm³/mol. The third-order valence-corrected chi connectivity index (χ3v) is 3.88. The maximum atomic E-state index is 12.6. The van der Waals surface area contributed by atoms with Crippen LogP contribution in [0.25, 0.3) is 0 Å². The van der Waals surface area contributed by atoms with Crippen LogP contribution >= 0.6 is 0 Å². The molecule has 18 heavy (non-hydrogen) atoms. The molecule has 1 heterocycles. The molecule has 1 aliphatic rings. The van der Waals surface area contributed by atoms with E-state index in [1.54, 1.807) is 0 Å². The Hall–Kier alpha value is -1.35. The summed E-state index contributed by atoms with van der Waals surface area (Å²) in [5.74, 6) is 0.153. The van der Waals surface area contributed by atoms with E-state index in [9.17, 15) is 4.79 Å². The molecular formula is C15H21NO2. The summed E-state index contributed by atoms with van der Waals surface area (Å²) in [6.45, 7) is 10.9. The minimum atomic E-state index is 0.153. The smallest absolute Gasteiger partial charge is 0.254 e. The van der Waals surface area contributed by atoms with Crippen molar-refractivity contribution in [2.24, 2.45) is 0 Å². The van der Waals surface area contributed by atoms with E-state index in [1.165, 1.54) is 11.1 Å². The van der Waals surface area contributed by atoms with Crippen molar-refractivity contribution in [2.75, 3.05) is 26.3 Å². The van der Waals surface area contributed by atoms with Gasteiger partial charge in [0.05, 0.1) is 13.2 Å². The molecule has 1 aromatic carbocycles. The molecule has 0 radical (unpaired) electrons. The highest BCUT2D eigenvalue weighted by atomic mass is 16.5. The fourth-order valence-electron chi connectivity index (χ4n) is 2.46. The topological polar surface area (TPSA) is 29.5 Å². The van der Waals surface area contributed by atoms with E-state index >= 15 is 0 Å². The van der Waals surface area contributed by atoms with Crippen molar-refractivity contribution in [1.82, 2.24) is 4.90 Å². The van der Waals surface area contributed by atoms with Gasteiger partial charge in [0.1, 0.15) is 0 Å². The summed E-state index contributed by atoms with van der Waals surface area (Å²) in [5.41, 5.74) is 5.48. The molecule has 1 saturated heterocycles. The third kappa shape index (κ3) is 2.27. The van der Waals surface area contributed by atoms with Crippen molar-refractivity contribution in [3.8, 4) is 0 Å². The summed E-state index contributed by atoms with van der Waals surface area (Å²) in [5, 5.41) is 0. The highest BCUT2D eigenvalue weighted by Crippen LogP contribution is 2.23. The predicted octanol–water partition coefficient (Wildman–Crippen LogP) is 2.39. The Balaban J connectivity index is 2.40. The number of nitrogens with zero attached hydrogens (tertiary/aromatic N) is 1. The number of morpholine rings is 1. The molecule has 3 heteroatoms. The molecule has 0 bridgehead atoms. The maximum absolute atomic E-state index is 12.6. The number of carbonyl (C=O) groups excluding carboxylic acids is 1. The van der Waals surface area contributed by atoms with E-state index in [4.69, 9.17) is 4.74 Å². The van der Waals surface area contributed by atoms with Gasteiger partial charge < -0.3 is 9.64 Å². The zero-order valence-electron chi connectivity index (χ0n) is 11.7. The van der Waals surface area contributed by atoms with E-state index < -0.39 is 0 Å². The van der Waals surface area contributed by atoms with Crippen molar-refractivity contribution in [1.29, 1.82) is 0 Å². The van der Waals surface area contributed by atoms with E-state index in [2.05, 4.69) is 19.9 Å². The van der Waals surface area contributed by atoms with Crippen LogP contribution in [-0.4, -0.2) is 37.1 Å². The van der Waals surface area contributed by atoms with Crippen LogP contribution in [-0.2, 0) is 4.74 Å². The van der Waals surface area contributed by atoms with Gasteiger partial charge in [0.15, 0.2) is 0 Å². The van der Waals surface area contributed by atoms with Gasteiger partial charge in [-0.2, -0.15) is 0 Å². The van der Waals surface area contributed by atoms with E-state index in [-0.39, 0.29) is 5.91 Å². The van der Waals surface area contributed by atoms with Crippen LogP contribution in [0.1, 0.15) is 32.6 Å². The average Bonchev–Trinajstić information content (AvgIpc) is 2.37. The second-order valence-corrected chi connectivity index (χ2v) is 5.04. The van der Waals surface area contributed by atoms with Crippen LogP contribution in [0.15, 0.2) is 6.07 Å². The summed E-state index contributed by atoms with van der Waals surface area (Å²) in [4.78, 5) is 14.5. The number of benzene rings is 1. The molecule has 2 rings (SSSR count). The van der Waals surface area contributed by atoms with Crippen molar-refractivity contribution >= 4 is 5.91 Å². The quantitative estimate of drug-likeness (QED) is 0.762. The number of carbonyl (C=O) groups is 1. The second kappa shape index (κ2) is 5.11. The van der Waals surface area contributed by atoms with Gasteiger partial charge in [0.25, 0.3) is 5.91 Å². The van der Waals surface area contributed by atoms with Crippen LogP contribution in [0.3, 0.4) is 0 Å². The van der Waals surface area contributed by atoms with E-state index in [0.29, 0.717) is 26.3 Å². The summed E-state index contributed by atoms with van der Waals surface area (Å²) in [7, 11) is 0. The standard InChI is InChI=1S/C15H21NO2/c1-10-9-11(2)13(4)14(12(10)3)15(17)16-5-7-18-8-6-16/h9H,5-8H2,1-4H3. The Morgan fingerprint density at radius 3 is 2.06 bits per heavy atom. The Kier molecular flexibility index (Phi) is 3.71. The van der Waals surface area contributed by atoms with Crippen LogP contribution in [0.4, 0.5) is 0 Å². The number of rotatable bonds is 1. The molecule has 0 aromatic heterocycles. The van der Waals surface area contributed by atoms with Gasteiger partial charge in [-0.1, -0.05) is 6.07 Å². The number of hydrogen-bond acceptors (Lipinski definition) is 2. The Labute approximate surface area is 109 Å². The SMILES string of the molecule is Cc1cc(C)c(C)c(C(=O)N2CCOCC2)c1C. The molecule has 0 spiro atoms. The lowest BCUT2D eigenvalue weighted by Crippen LogP contribution is -2.41. The zero-order chi connectivity index (χ0) is 13.3. The van der Waals surface area contributed by atoms with Crippen molar-refractivity contribution in [3.05, 3.63) is 33.9 Å². The first-order chi connectivity index (χ1) is 8.52. The monoisotopic (exact) mass is 247 g/mol. The van der Waals surface area contributed by atoms with Crippen molar-refractivity contribution in [2.45, 2.75) is 27.7 Å². The summed E-state index contributed by atoms with van der Waals surface area (Å²) < 4.78 is 5.30. The Morgan fingerprint density at radius 1 is 1.06 bits per heavy atom. The van der Waals surface area contributed by atoms with Crippen molar-refractivity contribution < 1.29 is 9.53 Å². The van der Waals surface area contributed by atoms with Crippen LogP contribution in [0, 0.1) is 27.7 Å². The van der Waals surface area contributed by atoms with E-state index in [0.717, 1.165) is 16.7 Å². The first-order valence-corrected chi connectivity index (χ1v) is 6.46. The fraction of sp³-hybridized carbons (Fsp3) is 0.533.